The molecule has 0 spiro atoms. The lowest BCUT2D eigenvalue weighted by atomic mass is 9.33. The fourth-order valence-corrected chi connectivity index (χ4v) is 17.3. The summed E-state index contributed by atoms with van der Waals surface area (Å²) in [5.41, 5.74) is -1.94. The number of esters is 1. The molecule has 0 aromatic carbocycles. The number of carbonyl (C=O) groups is 2. The Balaban J connectivity index is 1.04. The molecule has 0 aromatic heterocycles. The smallest absolute Gasteiger partial charge is 0.335 e. The first-order chi connectivity index (χ1) is 39.2. The van der Waals surface area contributed by atoms with E-state index >= 15 is 0 Å². The van der Waals surface area contributed by atoms with Gasteiger partial charge >= 0.3 is 11.9 Å². The highest BCUT2D eigenvalue weighted by Gasteiger charge is 2.72. The zero-order valence-electron chi connectivity index (χ0n) is 49.7. The van der Waals surface area contributed by atoms with Crippen LogP contribution in [0.25, 0.3) is 0 Å². The Morgan fingerprint density at radius 1 is 0.619 bits per heavy atom. The summed E-state index contributed by atoms with van der Waals surface area (Å²) in [5, 5.41) is 155. The molecule has 4 aliphatic heterocycles. The van der Waals surface area contributed by atoms with Gasteiger partial charge < -0.3 is 114 Å². The van der Waals surface area contributed by atoms with Gasteiger partial charge in [0.05, 0.1) is 43.5 Å². The zero-order chi connectivity index (χ0) is 61.9. The molecule has 0 aromatic rings. The Bertz CT molecular complexity index is 2420. The second kappa shape index (κ2) is 24.1. The Morgan fingerprint density at radius 2 is 1.19 bits per heavy atom. The number of carboxylic acid groups (broad SMARTS) is 1. The molecule has 4 saturated carbocycles. The molecule has 14 N–H and O–H groups in total. The second-order valence-corrected chi connectivity index (χ2v) is 27.9. The van der Waals surface area contributed by atoms with E-state index in [2.05, 4.69) is 40.7 Å². The number of ether oxygens (including phenoxy) is 9. The van der Waals surface area contributed by atoms with E-state index in [-0.39, 0.29) is 35.2 Å². The molecule has 0 unspecified atom stereocenters. The van der Waals surface area contributed by atoms with Crippen LogP contribution in [0.1, 0.15) is 121 Å². The highest BCUT2D eigenvalue weighted by atomic mass is 16.8. The quantitative estimate of drug-likeness (QED) is 0.0430. The van der Waals surface area contributed by atoms with E-state index < -0.39 is 188 Å². The van der Waals surface area contributed by atoms with Gasteiger partial charge in [-0.2, -0.15) is 0 Å². The van der Waals surface area contributed by atoms with Gasteiger partial charge in [0.1, 0.15) is 91.6 Å². The zero-order valence-corrected chi connectivity index (χ0v) is 49.7. The van der Waals surface area contributed by atoms with Crippen molar-refractivity contribution in [3.8, 4) is 0 Å². The number of aliphatic hydroxyl groups is 13. The minimum absolute atomic E-state index is 0.0468. The number of rotatable bonds is 14. The lowest BCUT2D eigenvalue weighted by molar-refractivity contribution is -0.406. The lowest BCUT2D eigenvalue weighted by Crippen LogP contribution is -2.70. The molecule has 5 aliphatic carbocycles. The Morgan fingerprint density at radius 3 is 1.80 bits per heavy atom. The maximum Gasteiger partial charge on any atom is 0.335 e. The van der Waals surface area contributed by atoms with Crippen LogP contribution < -0.4 is 0 Å². The molecular formula is C59H94O25. The molecule has 4 saturated heterocycles. The molecule has 25 heteroatoms. The van der Waals surface area contributed by atoms with E-state index in [0.717, 1.165) is 0 Å². The van der Waals surface area contributed by atoms with Crippen molar-refractivity contribution in [2.75, 3.05) is 19.8 Å². The second-order valence-electron chi connectivity index (χ2n) is 27.9. The van der Waals surface area contributed by atoms with Crippen molar-refractivity contribution < 1.29 is 124 Å². The number of allylic oxidation sites excluding steroid dienone is 3. The van der Waals surface area contributed by atoms with Gasteiger partial charge in [-0.15, -0.1) is 0 Å². The number of aliphatic hydroxyl groups excluding tert-OH is 13. The van der Waals surface area contributed by atoms with Crippen LogP contribution in [0.15, 0.2) is 23.3 Å². The van der Waals surface area contributed by atoms with Crippen molar-refractivity contribution in [3.05, 3.63) is 23.3 Å². The van der Waals surface area contributed by atoms with Gasteiger partial charge in [-0.25, -0.2) is 9.59 Å². The molecule has 0 radical (unpaired) electrons. The molecule has 8 fully saturated rings. The summed E-state index contributed by atoms with van der Waals surface area (Å²) in [6.45, 7) is 17.8. The fraction of sp³-hybridized carbons (Fsp3) is 0.898. The molecular weight excluding hydrogens is 1110 g/mol. The third-order valence-corrected chi connectivity index (χ3v) is 22.5. The first-order valence-corrected chi connectivity index (χ1v) is 29.9. The summed E-state index contributed by atoms with van der Waals surface area (Å²) < 4.78 is 55.4. The van der Waals surface area contributed by atoms with Gasteiger partial charge in [-0.3, -0.25) is 0 Å². The number of hydrogen-bond donors (Lipinski definition) is 14. The van der Waals surface area contributed by atoms with Crippen LogP contribution in [0, 0.1) is 50.2 Å². The predicted octanol–water partition coefficient (Wildman–Crippen LogP) is -0.983. The van der Waals surface area contributed by atoms with Crippen LogP contribution in [-0.2, 0) is 52.2 Å². The fourth-order valence-electron chi connectivity index (χ4n) is 17.3. The Hall–Kier alpha value is -2.42. The first kappa shape index (κ1) is 66.0. The molecule has 30 atom stereocenters. The van der Waals surface area contributed by atoms with Crippen LogP contribution in [0.3, 0.4) is 0 Å². The maximum absolute atomic E-state index is 13.4. The lowest BCUT2D eigenvalue weighted by Gasteiger charge is -2.72. The molecule has 9 rings (SSSR count). The van der Waals surface area contributed by atoms with Gasteiger partial charge in [0.15, 0.2) is 31.3 Å². The minimum Gasteiger partial charge on any atom is -0.479 e. The molecule has 25 nitrogen and oxygen atoms in total. The highest BCUT2D eigenvalue weighted by Crippen LogP contribution is 2.76. The van der Waals surface area contributed by atoms with E-state index in [1.807, 2.05) is 13.8 Å². The molecule has 9 aliphatic rings. The third-order valence-electron chi connectivity index (χ3n) is 22.5. The van der Waals surface area contributed by atoms with Crippen LogP contribution in [0.5, 0.6) is 0 Å². The van der Waals surface area contributed by atoms with E-state index in [1.54, 1.807) is 19.9 Å². The van der Waals surface area contributed by atoms with Crippen LogP contribution in [0.4, 0.5) is 0 Å². The van der Waals surface area contributed by atoms with Crippen LogP contribution in [-0.4, -0.2) is 244 Å². The van der Waals surface area contributed by atoms with Crippen molar-refractivity contribution in [2.24, 2.45) is 50.2 Å². The molecule has 84 heavy (non-hydrogen) atoms. The van der Waals surface area contributed by atoms with Crippen LogP contribution in [0.2, 0.25) is 0 Å². The number of hydrogen-bond acceptors (Lipinski definition) is 24. The summed E-state index contributed by atoms with van der Waals surface area (Å²) in [5.74, 6) is -2.53. The van der Waals surface area contributed by atoms with Crippen molar-refractivity contribution in [2.45, 2.75) is 262 Å². The summed E-state index contributed by atoms with van der Waals surface area (Å²) >= 11 is 0. The topological polar surface area (TPSA) is 400 Å². The normalized spacial score (nSPS) is 51.9. The SMILES string of the molecule is C/C=C(/C)C(=O)O[C@H]1CC(C)(C)C[C@H]2C3=CC[C@@H]4[C@@]5(C)CC[C@H](O[C@@H]6O[C@H](C(=O)O)[C@@H](O)[C@H](O[C@@H]7O[C@H](CO)[C@H](O)[C@H](O)[C@H]7O[C@@H]7O[C@@H](C)[C@H](O)[C@@H](O)[C@H]7O)[C@H]6O[C@@H]6O[C@H](CO)[C@@H](O)[C@H](O)[C@H]6O)C(C)(C)[C@@H]5CC[C@@]4(C)[C@]3(C)C[C@@H](O)[C@@]12CO. The predicted molar refractivity (Wildman–Crippen MR) is 288 cm³/mol. The average molecular weight is 1200 g/mol. The van der Waals surface area contributed by atoms with Gasteiger partial charge in [-0.05, 0) is 117 Å². The van der Waals surface area contributed by atoms with E-state index in [0.29, 0.717) is 56.9 Å². The third kappa shape index (κ3) is 10.8. The van der Waals surface area contributed by atoms with Gasteiger partial charge in [0, 0.05) is 5.57 Å². The molecule has 4 heterocycles. The van der Waals surface area contributed by atoms with Crippen molar-refractivity contribution in [1.82, 2.24) is 0 Å². The van der Waals surface area contributed by atoms with E-state index in [1.165, 1.54) is 12.5 Å². The standard InChI is InChI=1S/C59H94O25/c1-11-24(2)49(75)79-34-20-54(4,5)18-27-26-12-13-31-56(8)16-15-33(55(6,7)30(56)14-17-57(31,9)58(26,10)19-32(63)59(27,34)23-62)80-53-47(84-51-42(71)39(68)36(65)28(21-60)77-51)44(43(72)45(82-53)48(73)74)81-52-46(40(69)37(66)29(22-61)78-52)83-50-41(70)38(67)35(64)25(3)76-50/h11-12,25,27-47,50-53,60-72H,13-23H2,1-10H3,(H,73,74)/b24-11-/t25-,27-,28+,29+,30-,31+,32+,33-,34-,35-,36+,37-,38+,39-,40-,41+,42+,43-,44-,45-,46+,47+,50-,51-,52-,53+,56-,57+,58+,59-/m0/s1. The van der Waals surface area contributed by atoms with Gasteiger partial charge in [0.2, 0.25) is 0 Å². The first-order valence-electron chi connectivity index (χ1n) is 29.9. The number of aliphatic carboxylic acids is 1. The van der Waals surface area contributed by atoms with Crippen molar-refractivity contribution in [1.29, 1.82) is 0 Å². The minimum atomic E-state index is -2.26. The largest absolute Gasteiger partial charge is 0.479 e. The molecule has 0 bridgehead atoms. The highest BCUT2D eigenvalue weighted by molar-refractivity contribution is 5.87. The van der Waals surface area contributed by atoms with Crippen molar-refractivity contribution in [3.63, 3.8) is 0 Å². The monoisotopic (exact) mass is 1200 g/mol. The average Bonchev–Trinajstić information content (AvgIpc) is 0.685. The van der Waals surface area contributed by atoms with E-state index in [4.69, 9.17) is 42.6 Å². The Labute approximate surface area is 489 Å². The summed E-state index contributed by atoms with van der Waals surface area (Å²) in [4.78, 5) is 26.7. The molecule has 480 valence electrons. The summed E-state index contributed by atoms with van der Waals surface area (Å²) in [6.07, 6.45) is -31.8. The molecule has 0 amide bonds. The maximum atomic E-state index is 13.4. The van der Waals surface area contributed by atoms with Gasteiger partial charge in [0.25, 0.3) is 0 Å². The number of carboxylic acids is 1. The Kier molecular flexibility index (Phi) is 18.9. The van der Waals surface area contributed by atoms with Crippen LogP contribution >= 0.6 is 0 Å². The number of carbonyl (C=O) groups excluding carboxylic acids is 1. The van der Waals surface area contributed by atoms with Gasteiger partial charge in [-0.1, -0.05) is 66.2 Å². The van der Waals surface area contributed by atoms with E-state index in [9.17, 15) is 81.1 Å². The summed E-state index contributed by atoms with van der Waals surface area (Å²) in [7, 11) is 0. The van der Waals surface area contributed by atoms with Crippen molar-refractivity contribution >= 4 is 11.9 Å². The summed E-state index contributed by atoms with van der Waals surface area (Å²) in [6, 6.07) is 0. The number of fused-ring (bicyclic) bond motifs is 7.